The Morgan fingerprint density at radius 2 is 3.33 bits per heavy atom. The second kappa shape index (κ2) is 1.22. The molecule has 32 valence electrons. The normalized spacial score (nSPS) is 15.0. The van der Waals surface area contributed by atoms with E-state index in [4.69, 9.17) is 4.19 Å². The zero-order valence-corrected chi connectivity index (χ0v) is 3.57. The lowest BCUT2D eigenvalue weighted by atomic mass is 10.9. The number of nitrogens with zero attached hydrogens (tertiary/aromatic N) is 2. The van der Waals surface area contributed by atoms with E-state index in [-0.39, 0.29) is 16.9 Å². The first-order valence-electron chi connectivity index (χ1n) is 2.68. The maximum absolute atomic E-state index is 6.99. The molecular formula is C2H3N3S. The Labute approximate surface area is 43.3 Å². The first kappa shape index (κ1) is 1.46. The molecule has 0 aliphatic rings. The van der Waals surface area contributed by atoms with Crippen LogP contribution in [0.5, 0.6) is 0 Å². The van der Waals surface area contributed by atoms with Gasteiger partial charge in [0.05, 0.1) is 6.73 Å². The minimum atomic E-state index is -0.0278. The molecule has 0 bridgehead atoms. The van der Waals surface area contributed by atoms with Crippen LogP contribution in [0.15, 0.2) is 5.36 Å². The van der Waals surface area contributed by atoms with Crippen molar-refractivity contribution in [2.75, 3.05) is 5.72 Å². The highest BCUT2D eigenvalue weighted by atomic mass is 32.1. The van der Waals surface area contributed by atoms with Crippen LogP contribution in [0.4, 0.5) is 5.82 Å². The smallest absolute Gasteiger partial charge is 0.158 e. The lowest BCUT2D eigenvalue weighted by Crippen LogP contribution is -1.81. The van der Waals surface area contributed by atoms with Gasteiger partial charge in [-0.3, -0.25) is 0 Å². The van der Waals surface area contributed by atoms with Gasteiger partial charge < -0.3 is 5.72 Å². The van der Waals surface area contributed by atoms with Crippen molar-refractivity contribution in [1.82, 2.24) is 9.59 Å². The summed E-state index contributed by atoms with van der Waals surface area (Å²) < 4.78 is 23.7. The van der Waals surface area contributed by atoms with Gasteiger partial charge in [0.1, 0.15) is 0 Å². The van der Waals surface area contributed by atoms with E-state index in [1.807, 2.05) is 0 Å². The molecule has 0 atom stereocenters. The van der Waals surface area contributed by atoms with E-state index >= 15 is 0 Å². The van der Waals surface area contributed by atoms with Crippen molar-refractivity contribution >= 4 is 17.4 Å². The Bertz CT molecular complexity index is 199. The summed E-state index contributed by atoms with van der Waals surface area (Å²) in [6.07, 6.45) is 0. The number of hydrogen-bond donors (Lipinski definition) is 1. The quantitative estimate of drug-likeness (QED) is 0.550. The number of aromatic nitrogens is 2. The Morgan fingerprint density at radius 1 is 2.33 bits per heavy atom. The molecule has 4 heteroatoms. The average molecular weight is 104 g/mol. The fourth-order valence-corrected chi connectivity index (χ4v) is 0.422. The van der Waals surface area contributed by atoms with Gasteiger partial charge in [0.25, 0.3) is 0 Å². The summed E-state index contributed by atoms with van der Waals surface area (Å²) in [4.78, 5) is 0. The fourth-order valence-electron chi connectivity index (χ4n) is 0.141. The van der Waals surface area contributed by atoms with Crippen molar-refractivity contribution in [3.05, 3.63) is 5.36 Å². The van der Waals surface area contributed by atoms with Gasteiger partial charge in [0, 0.05) is 0 Å². The highest BCUT2D eigenvalue weighted by Crippen LogP contribution is 1.94. The number of rotatable bonds is 1. The van der Waals surface area contributed by atoms with Crippen LogP contribution in [0.2, 0.25) is 2.82 Å². The van der Waals surface area contributed by atoms with E-state index in [2.05, 4.69) is 9.59 Å². The Hall–Kier alpha value is -0.640. The van der Waals surface area contributed by atoms with E-state index in [9.17, 15) is 0 Å². The first-order valence-corrected chi connectivity index (χ1v) is 2.06. The molecule has 1 aromatic heterocycles. The van der Waals surface area contributed by atoms with Crippen molar-refractivity contribution in [3.8, 4) is 0 Å². The topological polar surface area (TPSA) is 51.8 Å². The van der Waals surface area contributed by atoms with Crippen LogP contribution in [-0.2, 0) is 0 Å². The number of nitrogen functional groups attached to an aromatic ring is 1. The lowest BCUT2D eigenvalue weighted by Gasteiger charge is -1.64. The predicted molar refractivity (Wildman–Crippen MR) is 24.3 cm³/mol. The molecule has 0 aliphatic carbocycles. The highest BCUT2D eigenvalue weighted by Gasteiger charge is 1.78. The molecule has 1 aromatic rings. The Morgan fingerprint density at radius 3 is 3.67 bits per heavy atom. The zero-order valence-electron chi connectivity index (χ0n) is 5.75. The van der Waals surface area contributed by atoms with Gasteiger partial charge in [-0.2, -0.15) is 0 Å². The van der Waals surface area contributed by atoms with Crippen LogP contribution < -0.4 is 5.72 Å². The van der Waals surface area contributed by atoms with Gasteiger partial charge in [-0.15, -0.1) is 5.10 Å². The summed E-state index contributed by atoms with van der Waals surface area (Å²) in [7, 11) is 0. The lowest BCUT2D eigenvalue weighted by molar-refractivity contribution is 1.17. The predicted octanol–water partition coefficient (Wildman–Crippen LogP) is 0.120. The summed E-state index contributed by atoms with van der Waals surface area (Å²) in [5, 5.41) is 3.39. The zero-order chi connectivity index (χ0) is 6.85. The second-order valence-corrected chi connectivity index (χ2v) is 1.25. The van der Waals surface area contributed by atoms with E-state index in [1.165, 1.54) is 0 Å². The van der Waals surface area contributed by atoms with Crippen LogP contribution in [0.1, 0.15) is 1.37 Å². The summed E-state index contributed by atoms with van der Waals surface area (Å²) >= 11 is 0.857. The van der Waals surface area contributed by atoms with Gasteiger partial charge >= 0.3 is 0 Å². The molecule has 0 saturated heterocycles. The summed E-state index contributed by atoms with van der Waals surface area (Å²) in [6.45, 7) is 0. The molecule has 0 fully saturated rings. The van der Waals surface area contributed by atoms with Crippen molar-refractivity contribution in [2.24, 2.45) is 0 Å². The second-order valence-electron chi connectivity index (χ2n) is 0.699. The third-order valence-corrected chi connectivity index (χ3v) is 0.750. The fraction of sp³-hybridized carbons (Fsp3) is 0. The van der Waals surface area contributed by atoms with Crippen LogP contribution in [-0.4, -0.2) is 9.59 Å². The summed E-state index contributed by atoms with van der Waals surface area (Å²) in [5.74, 6) is -0.0278. The van der Waals surface area contributed by atoms with E-state index in [1.54, 1.807) is 0 Å². The Kier molecular flexibility index (Phi) is 0.296. The van der Waals surface area contributed by atoms with Crippen LogP contribution in [0.3, 0.4) is 0 Å². The van der Waals surface area contributed by atoms with Crippen LogP contribution >= 0.6 is 11.5 Å². The van der Waals surface area contributed by atoms with Gasteiger partial charge in [0.15, 0.2) is 8.64 Å². The molecule has 0 amide bonds. The monoisotopic (exact) mass is 104 g/mol. The molecule has 2 N–H and O–H groups in total. The van der Waals surface area contributed by atoms with Gasteiger partial charge in [-0.25, -0.2) is 0 Å². The molecule has 1 rings (SSSR count). The van der Waals surface area contributed by atoms with E-state index in [0.29, 0.717) is 0 Å². The summed E-state index contributed by atoms with van der Waals surface area (Å²) in [5.41, 5.74) is 0.270. The standard InChI is InChI=1S/C2H3N3S/c3-2-1-6-5-4-2/h1H,3H2/i1D/hD2. The highest BCUT2D eigenvalue weighted by molar-refractivity contribution is 7.03. The van der Waals surface area contributed by atoms with Crippen molar-refractivity contribution in [1.29, 1.82) is 0 Å². The largest absolute Gasteiger partial charge is 0.381 e. The van der Waals surface area contributed by atoms with Gasteiger partial charge in [0.2, 0.25) is 0 Å². The Balaban J connectivity index is 2.94. The van der Waals surface area contributed by atoms with Gasteiger partial charge in [-0.05, 0) is 11.5 Å². The molecule has 3 nitrogen and oxygen atoms in total. The molecule has 0 spiro atoms. The minimum Gasteiger partial charge on any atom is -0.381 e. The molecule has 0 aliphatic heterocycles. The molecule has 0 saturated carbocycles. The average Bonchev–Trinajstić information content (AvgIpc) is 2.13. The van der Waals surface area contributed by atoms with E-state index in [0.717, 1.165) is 11.5 Å². The third-order valence-electron chi connectivity index (χ3n) is 0.313. The van der Waals surface area contributed by atoms with E-state index < -0.39 is 0 Å². The van der Waals surface area contributed by atoms with Crippen molar-refractivity contribution in [2.45, 2.75) is 0 Å². The third kappa shape index (κ3) is 0.463. The maximum atomic E-state index is 6.99. The minimum absolute atomic E-state index is 0.0278. The number of anilines is 1. The summed E-state index contributed by atoms with van der Waals surface area (Å²) in [6, 6.07) is 0. The van der Waals surface area contributed by atoms with Crippen molar-refractivity contribution in [3.63, 3.8) is 0 Å². The van der Waals surface area contributed by atoms with Crippen LogP contribution in [0.25, 0.3) is 0 Å². The van der Waals surface area contributed by atoms with Crippen molar-refractivity contribution < 1.29 is 4.19 Å². The molecule has 6 heavy (non-hydrogen) atoms. The SMILES string of the molecule is [2H]c1snnc1N([2H])[2H]. The maximum Gasteiger partial charge on any atom is 0.158 e. The molecule has 0 aromatic carbocycles. The van der Waals surface area contributed by atoms with Gasteiger partial charge in [-0.1, -0.05) is 4.49 Å². The van der Waals surface area contributed by atoms with Crippen LogP contribution in [0, 0.1) is 0 Å². The molecule has 0 radical (unpaired) electrons. The molecular weight excluding hydrogens is 98.1 g/mol. The molecule has 0 unspecified atom stereocenters. The number of hydrogen-bond acceptors (Lipinski definition) is 4. The first-order chi connectivity index (χ1) is 4.22. The molecule has 1 heterocycles. The number of nitrogens with two attached hydrogens (primary N) is 1.